The second-order valence-corrected chi connectivity index (χ2v) is 6.26. The summed E-state index contributed by atoms with van der Waals surface area (Å²) in [5.74, 6) is 0. The molecule has 0 bridgehead atoms. The fourth-order valence-corrected chi connectivity index (χ4v) is 1.48. The van der Waals surface area contributed by atoms with Crippen molar-refractivity contribution in [3.8, 4) is 0 Å². The minimum Gasteiger partial charge on any atom is -0.312 e. The van der Waals surface area contributed by atoms with Crippen molar-refractivity contribution in [2.75, 3.05) is 6.54 Å². The molecule has 0 spiro atoms. The van der Waals surface area contributed by atoms with Crippen molar-refractivity contribution < 1.29 is 0 Å². The van der Waals surface area contributed by atoms with Crippen LogP contribution >= 0.6 is 0 Å². The predicted molar refractivity (Wildman–Crippen MR) is 64.7 cm³/mol. The summed E-state index contributed by atoms with van der Waals surface area (Å²) in [6.07, 6.45) is 1.18. The maximum absolute atomic E-state index is 3.57. The molecular formula is C12H28N2. The van der Waals surface area contributed by atoms with Crippen molar-refractivity contribution in [1.82, 2.24) is 10.6 Å². The Hall–Kier alpha value is -0.0800. The predicted octanol–water partition coefficient (Wildman–Crippen LogP) is 2.54. The fourth-order valence-electron chi connectivity index (χ4n) is 1.48. The lowest BCUT2D eigenvalue weighted by Gasteiger charge is -2.27. The van der Waals surface area contributed by atoms with E-state index < -0.39 is 0 Å². The summed E-state index contributed by atoms with van der Waals surface area (Å²) in [5.41, 5.74) is 0.461. The molecule has 86 valence electrons. The number of hydrogen-bond acceptors (Lipinski definition) is 2. The Morgan fingerprint density at radius 3 is 1.79 bits per heavy atom. The first kappa shape index (κ1) is 13.9. The van der Waals surface area contributed by atoms with Gasteiger partial charge in [0.15, 0.2) is 0 Å². The lowest BCUT2D eigenvalue weighted by Crippen LogP contribution is -2.44. The van der Waals surface area contributed by atoms with Crippen LogP contribution < -0.4 is 10.6 Å². The van der Waals surface area contributed by atoms with E-state index in [0.717, 1.165) is 6.54 Å². The first-order chi connectivity index (χ1) is 6.10. The SMILES string of the molecule is CC(CCNC(C)(C)C)NC(C)(C)C. The standard InChI is InChI=1S/C12H28N2/c1-10(14-12(5,6)7)8-9-13-11(2,3)4/h10,13-14H,8-9H2,1-7H3. The molecule has 0 aliphatic heterocycles. The summed E-state index contributed by atoms with van der Waals surface area (Å²) in [6, 6.07) is 0.574. The molecule has 0 radical (unpaired) electrons. The summed E-state index contributed by atoms with van der Waals surface area (Å²) in [6.45, 7) is 16.6. The second kappa shape index (κ2) is 5.13. The summed E-state index contributed by atoms with van der Waals surface area (Å²) in [5, 5.41) is 7.06. The molecule has 0 amide bonds. The maximum Gasteiger partial charge on any atom is 0.00989 e. The van der Waals surface area contributed by atoms with Gasteiger partial charge in [0.25, 0.3) is 0 Å². The van der Waals surface area contributed by atoms with E-state index >= 15 is 0 Å². The van der Waals surface area contributed by atoms with Crippen LogP contribution in [-0.4, -0.2) is 23.7 Å². The van der Waals surface area contributed by atoms with E-state index in [4.69, 9.17) is 0 Å². The van der Waals surface area contributed by atoms with E-state index in [0.29, 0.717) is 6.04 Å². The van der Waals surface area contributed by atoms with Crippen LogP contribution in [0, 0.1) is 0 Å². The van der Waals surface area contributed by atoms with E-state index in [9.17, 15) is 0 Å². The Morgan fingerprint density at radius 2 is 1.43 bits per heavy atom. The third-order valence-electron chi connectivity index (χ3n) is 1.91. The Morgan fingerprint density at radius 1 is 0.929 bits per heavy atom. The zero-order chi connectivity index (χ0) is 11.4. The molecule has 0 fully saturated rings. The third-order valence-corrected chi connectivity index (χ3v) is 1.91. The Kier molecular flexibility index (Phi) is 5.10. The first-order valence-electron chi connectivity index (χ1n) is 5.63. The van der Waals surface area contributed by atoms with Gasteiger partial charge in [-0.2, -0.15) is 0 Å². The molecule has 1 unspecified atom stereocenters. The van der Waals surface area contributed by atoms with Gasteiger partial charge in [-0.3, -0.25) is 0 Å². The van der Waals surface area contributed by atoms with Gasteiger partial charge in [-0.15, -0.1) is 0 Å². The number of rotatable bonds is 4. The minimum atomic E-state index is 0.223. The smallest absolute Gasteiger partial charge is 0.00989 e. The molecule has 2 heteroatoms. The van der Waals surface area contributed by atoms with E-state index in [1.807, 2.05) is 0 Å². The van der Waals surface area contributed by atoms with Crippen molar-refractivity contribution in [2.45, 2.75) is 72.0 Å². The van der Waals surface area contributed by atoms with Gasteiger partial charge >= 0.3 is 0 Å². The molecule has 0 aliphatic rings. The zero-order valence-corrected chi connectivity index (χ0v) is 11.0. The van der Waals surface area contributed by atoms with Gasteiger partial charge < -0.3 is 10.6 Å². The van der Waals surface area contributed by atoms with Crippen molar-refractivity contribution in [1.29, 1.82) is 0 Å². The van der Waals surface area contributed by atoms with Crippen LogP contribution in [0.3, 0.4) is 0 Å². The monoisotopic (exact) mass is 200 g/mol. The molecule has 2 N–H and O–H groups in total. The molecule has 0 aromatic carbocycles. The molecule has 14 heavy (non-hydrogen) atoms. The van der Waals surface area contributed by atoms with E-state index in [1.165, 1.54) is 6.42 Å². The molecule has 2 nitrogen and oxygen atoms in total. The molecule has 1 atom stereocenters. The van der Waals surface area contributed by atoms with Crippen LogP contribution in [0.5, 0.6) is 0 Å². The summed E-state index contributed by atoms with van der Waals surface area (Å²) < 4.78 is 0. The quantitative estimate of drug-likeness (QED) is 0.729. The van der Waals surface area contributed by atoms with Gasteiger partial charge in [-0.1, -0.05) is 0 Å². The van der Waals surface area contributed by atoms with Gasteiger partial charge in [0, 0.05) is 17.1 Å². The van der Waals surface area contributed by atoms with Crippen molar-refractivity contribution in [2.24, 2.45) is 0 Å². The van der Waals surface area contributed by atoms with Gasteiger partial charge in [0.2, 0.25) is 0 Å². The molecule has 0 aliphatic carbocycles. The van der Waals surface area contributed by atoms with Crippen LogP contribution in [0.4, 0.5) is 0 Å². The third kappa shape index (κ3) is 10.0. The maximum atomic E-state index is 3.57. The van der Waals surface area contributed by atoms with E-state index in [2.05, 4.69) is 59.1 Å². The summed E-state index contributed by atoms with van der Waals surface area (Å²) in [4.78, 5) is 0. The minimum absolute atomic E-state index is 0.223. The lowest BCUT2D eigenvalue weighted by molar-refractivity contribution is 0.340. The van der Waals surface area contributed by atoms with Crippen molar-refractivity contribution in [3.63, 3.8) is 0 Å². The summed E-state index contributed by atoms with van der Waals surface area (Å²) in [7, 11) is 0. The van der Waals surface area contributed by atoms with Crippen LogP contribution in [0.15, 0.2) is 0 Å². The summed E-state index contributed by atoms with van der Waals surface area (Å²) >= 11 is 0. The highest BCUT2D eigenvalue weighted by Crippen LogP contribution is 2.04. The van der Waals surface area contributed by atoms with Gasteiger partial charge in [-0.25, -0.2) is 0 Å². The highest BCUT2D eigenvalue weighted by atomic mass is 15.0. The number of hydrogen-bond donors (Lipinski definition) is 2. The van der Waals surface area contributed by atoms with Crippen LogP contribution in [0.2, 0.25) is 0 Å². The van der Waals surface area contributed by atoms with Crippen molar-refractivity contribution in [3.05, 3.63) is 0 Å². The Labute approximate surface area is 89.9 Å². The molecule has 0 aromatic heterocycles. The largest absolute Gasteiger partial charge is 0.312 e. The van der Waals surface area contributed by atoms with Gasteiger partial charge in [0.05, 0.1) is 0 Å². The van der Waals surface area contributed by atoms with Gasteiger partial charge in [-0.05, 0) is 61.4 Å². The molecule has 0 saturated carbocycles. The van der Waals surface area contributed by atoms with Crippen LogP contribution in [0.1, 0.15) is 54.9 Å². The van der Waals surface area contributed by atoms with Gasteiger partial charge in [0.1, 0.15) is 0 Å². The number of nitrogens with one attached hydrogen (secondary N) is 2. The lowest BCUT2D eigenvalue weighted by atomic mass is 10.1. The van der Waals surface area contributed by atoms with Crippen molar-refractivity contribution >= 4 is 0 Å². The molecule has 0 saturated heterocycles. The molecule has 0 aromatic rings. The topological polar surface area (TPSA) is 24.1 Å². The van der Waals surface area contributed by atoms with Crippen LogP contribution in [0.25, 0.3) is 0 Å². The first-order valence-corrected chi connectivity index (χ1v) is 5.63. The van der Waals surface area contributed by atoms with E-state index in [1.54, 1.807) is 0 Å². The molecule has 0 heterocycles. The highest BCUT2D eigenvalue weighted by Gasteiger charge is 2.14. The zero-order valence-electron chi connectivity index (χ0n) is 11.0. The Balaban J connectivity index is 3.60. The average molecular weight is 200 g/mol. The Bertz CT molecular complexity index is 151. The highest BCUT2D eigenvalue weighted by molar-refractivity contribution is 4.77. The molecular weight excluding hydrogens is 172 g/mol. The van der Waals surface area contributed by atoms with Crippen LogP contribution in [-0.2, 0) is 0 Å². The van der Waals surface area contributed by atoms with E-state index in [-0.39, 0.29) is 11.1 Å². The second-order valence-electron chi connectivity index (χ2n) is 6.26. The average Bonchev–Trinajstić information content (AvgIpc) is 1.78. The fraction of sp³-hybridized carbons (Fsp3) is 1.00. The normalized spacial score (nSPS) is 15.6. The molecule has 0 rings (SSSR count).